The monoisotopic (exact) mass is 369 g/mol. The maximum Gasteiger partial charge on any atom is 0.342 e. The highest BCUT2D eigenvalue weighted by Crippen LogP contribution is 2.33. The van der Waals surface area contributed by atoms with Crippen LogP contribution in [0.1, 0.15) is 19.4 Å². The first-order chi connectivity index (χ1) is 11.7. The van der Waals surface area contributed by atoms with Crippen molar-refractivity contribution in [3.8, 4) is 0 Å². The Morgan fingerprint density at radius 1 is 1.24 bits per heavy atom. The van der Waals surface area contributed by atoms with E-state index in [-0.39, 0.29) is 18.8 Å². The highest BCUT2D eigenvalue weighted by molar-refractivity contribution is 7.90. The summed E-state index contributed by atoms with van der Waals surface area (Å²) in [5, 5.41) is 22.9. The molecule has 0 spiro atoms. The van der Waals surface area contributed by atoms with Crippen molar-refractivity contribution in [1.29, 1.82) is 0 Å². The molecule has 0 aromatic heterocycles. The number of hydrogen-bond donors (Lipinski definition) is 0. The number of fused-ring (bicyclic) bond motifs is 1. The van der Waals surface area contributed by atoms with E-state index in [0.29, 0.717) is 0 Å². The van der Waals surface area contributed by atoms with E-state index in [0.717, 1.165) is 18.2 Å². The highest BCUT2D eigenvalue weighted by atomic mass is 32.2. The molecule has 10 nitrogen and oxygen atoms in total. The molecule has 2 rings (SSSR count). The van der Waals surface area contributed by atoms with Crippen molar-refractivity contribution in [3.63, 3.8) is 0 Å². The van der Waals surface area contributed by atoms with Crippen LogP contribution in [-0.4, -0.2) is 38.2 Å². The third kappa shape index (κ3) is 3.45. The van der Waals surface area contributed by atoms with Gasteiger partial charge in [-0.05, 0) is 19.6 Å². The van der Waals surface area contributed by atoms with E-state index in [4.69, 9.17) is 9.47 Å². The lowest BCUT2D eigenvalue weighted by molar-refractivity contribution is -0.385. The van der Waals surface area contributed by atoms with Crippen LogP contribution < -0.4 is 5.11 Å². The first-order valence-electron chi connectivity index (χ1n) is 7.08. The van der Waals surface area contributed by atoms with Crippen molar-refractivity contribution >= 4 is 27.4 Å². The second-order valence-corrected chi connectivity index (χ2v) is 6.24. The van der Waals surface area contributed by atoms with Crippen LogP contribution in [0.4, 0.5) is 5.69 Å². The molecule has 0 N–H and O–H groups in total. The maximum atomic E-state index is 12.2. The number of nitro groups is 1. The number of carbonyl (C=O) groups is 1. The standard InChI is InChI=1S/C14H14N2O8S/c1-3-23-13(17)11(14(18)24-4-2)12-9-6-5-8(16(19)20)7-10(9)25(21,22)15-12/h5-7,17H,3-4H2,1-2H3/p-1/b13-11-. The SMILES string of the molecule is CCOC(=O)/C(C1=NS(=O)(=O)c2cc([N+](=O)[O-])ccc21)=C(/[O-])OCC. The number of nitro benzene ring substituents is 1. The van der Waals surface area contributed by atoms with E-state index >= 15 is 0 Å². The summed E-state index contributed by atoms with van der Waals surface area (Å²) in [7, 11) is -4.31. The largest absolute Gasteiger partial charge is 0.613 e. The molecule has 0 unspecified atom stereocenters. The van der Waals surface area contributed by atoms with Crippen LogP contribution in [-0.2, 0) is 24.3 Å². The van der Waals surface area contributed by atoms with E-state index in [1.165, 1.54) is 13.8 Å². The fourth-order valence-electron chi connectivity index (χ4n) is 2.12. The number of hydrogen-bond acceptors (Lipinski definition) is 8. The molecule has 0 aliphatic carbocycles. The van der Waals surface area contributed by atoms with Crippen LogP contribution in [0.5, 0.6) is 0 Å². The number of carbonyl (C=O) groups excluding carboxylic acids is 1. The summed E-state index contributed by atoms with van der Waals surface area (Å²) in [4.78, 5) is 21.7. The minimum absolute atomic E-state index is 0.0606. The van der Waals surface area contributed by atoms with Gasteiger partial charge in [-0.1, -0.05) is 6.92 Å². The minimum Gasteiger partial charge on any atom is -0.613 e. The van der Waals surface area contributed by atoms with Gasteiger partial charge in [0.05, 0.1) is 17.5 Å². The number of nitrogens with zero attached hydrogens (tertiary/aromatic N) is 2. The van der Waals surface area contributed by atoms with Crippen LogP contribution in [0, 0.1) is 10.1 Å². The Labute approximate surface area is 142 Å². The molecule has 0 saturated carbocycles. The summed E-state index contributed by atoms with van der Waals surface area (Å²) >= 11 is 0. The molecule has 0 fully saturated rings. The number of ether oxygens (including phenoxy) is 2. The Balaban J connectivity index is 2.68. The molecule has 25 heavy (non-hydrogen) atoms. The number of esters is 1. The van der Waals surface area contributed by atoms with Gasteiger partial charge in [0.2, 0.25) is 0 Å². The summed E-state index contributed by atoms with van der Waals surface area (Å²) in [6.07, 6.45) is 0. The summed E-state index contributed by atoms with van der Waals surface area (Å²) in [6.45, 7) is 2.89. The first-order valence-corrected chi connectivity index (χ1v) is 8.52. The summed E-state index contributed by atoms with van der Waals surface area (Å²) in [6, 6.07) is 2.97. The normalized spacial score (nSPS) is 15.7. The number of benzene rings is 1. The van der Waals surface area contributed by atoms with E-state index < -0.39 is 48.7 Å². The van der Waals surface area contributed by atoms with Crippen LogP contribution in [0.3, 0.4) is 0 Å². The van der Waals surface area contributed by atoms with Crippen molar-refractivity contribution in [2.75, 3.05) is 13.2 Å². The van der Waals surface area contributed by atoms with Gasteiger partial charge in [0.1, 0.15) is 16.2 Å². The van der Waals surface area contributed by atoms with E-state index in [9.17, 15) is 28.4 Å². The smallest absolute Gasteiger partial charge is 0.342 e. The van der Waals surface area contributed by atoms with E-state index in [1.54, 1.807) is 0 Å². The highest BCUT2D eigenvalue weighted by Gasteiger charge is 2.35. The van der Waals surface area contributed by atoms with Gasteiger partial charge in [0.15, 0.2) is 0 Å². The fraction of sp³-hybridized carbons (Fsp3) is 0.286. The third-order valence-corrected chi connectivity index (χ3v) is 4.43. The van der Waals surface area contributed by atoms with Crippen molar-refractivity contribution in [1.82, 2.24) is 0 Å². The summed E-state index contributed by atoms with van der Waals surface area (Å²) in [5.74, 6) is -2.19. The van der Waals surface area contributed by atoms with Crippen molar-refractivity contribution in [3.05, 3.63) is 45.4 Å². The first kappa shape index (κ1) is 18.4. The Morgan fingerprint density at radius 2 is 1.88 bits per heavy atom. The molecule has 0 bridgehead atoms. The Hall–Kier alpha value is -2.95. The molecule has 1 aromatic carbocycles. The zero-order valence-electron chi connectivity index (χ0n) is 13.2. The van der Waals surface area contributed by atoms with Gasteiger partial charge in [-0.3, -0.25) is 10.1 Å². The van der Waals surface area contributed by atoms with Crippen molar-refractivity contribution in [2.45, 2.75) is 18.7 Å². The van der Waals surface area contributed by atoms with Gasteiger partial charge in [0, 0.05) is 17.7 Å². The van der Waals surface area contributed by atoms with Gasteiger partial charge in [-0.15, -0.1) is 0 Å². The zero-order chi connectivity index (χ0) is 18.8. The molecule has 0 saturated heterocycles. The van der Waals surface area contributed by atoms with Gasteiger partial charge < -0.3 is 14.6 Å². The Bertz CT molecular complexity index is 901. The lowest BCUT2D eigenvalue weighted by Crippen LogP contribution is -2.24. The van der Waals surface area contributed by atoms with E-state index in [2.05, 4.69) is 4.40 Å². The van der Waals surface area contributed by atoms with Crippen molar-refractivity contribution in [2.24, 2.45) is 4.40 Å². The molecule has 0 atom stereocenters. The van der Waals surface area contributed by atoms with Crippen LogP contribution in [0.25, 0.3) is 0 Å². The molecule has 1 aliphatic rings. The molecular formula is C14H13N2O8S-. The number of rotatable bonds is 6. The number of sulfonamides is 1. The fourth-order valence-corrected chi connectivity index (χ4v) is 3.36. The van der Waals surface area contributed by atoms with Gasteiger partial charge in [-0.25, -0.2) is 4.79 Å². The molecule has 11 heteroatoms. The average molecular weight is 369 g/mol. The topological polar surface area (TPSA) is 148 Å². The molecule has 1 aromatic rings. The second-order valence-electron chi connectivity index (χ2n) is 4.67. The predicted molar refractivity (Wildman–Crippen MR) is 82.1 cm³/mol. The Morgan fingerprint density at radius 3 is 2.44 bits per heavy atom. The van der Waals surface area contributed by atoms with Gasteiger partial charge in [-0.2, -0.15) is 12.8 Å². The van der Waals surface area contributed by atoms with Crippen LogP contribution in [0.15, 0.2) is 39.0 Å². The average Bonchev–Trinajstić information content (AvgIpc) is 2.79. The predicted octanol–water partition coefficient (Wildman–Crippen LogP) is 0.258. The molecule has 1 heterocycles. The van der Waals surface area contributed by atoms with Gasteiger partial charge >= 0.3 is 5.97 Å². The minimum atomic E-state index is -4.31. The quantitative estimate of drug-likeness (QED) is 0.228. The molecule has 0 radical (unpaired) electrons. The molecular weight excluding hydrogens is 356 g/mol. The van der Waals surface area contributed by atoms with Gasteiger partial charge in [0.25, 0.3) is 15.7 Å². The van der Waals surface area contributed by atoms with Crippen molar-refractivity contribution < 1.29 is 32.7 Å². The molecule has 0 amide bonds. The van der Waals surface area contributed by atoms with E-state index in [1.807, 2.05) is 0 Å². The lowest BCUT2D eigenvalue weighted by Gasteiger charge is -2.18. The maximum absolute atomic E-state index is 12.2. The summed E-state index contributed by atoms with van der Waals surface area (Å²) < 4.78 is 37.3. The Kier molecular flexibility index (Phi) is 5.07. The summed E-state index contributed by atoms with van der Waals surface area (Å²) in [5.41, 5.74) is -1.71. The van der Waals surface area contributed by atoms with Crippen LogP contribution >= 0.6 is 0 Å². The third-order valence-electron chi connectivity index (χ3n) is 3.12. The zero-order valence-corrected chi connectivity index (χ0v) is 14.0. The molecule has 1 aliphatic heterocycles. The molecule has 134 valence electrons. The number of non-ortho nitro benzene ring substituents is 1. The van der Waals surface area contributed by atoms with Crippen LogP contribution in [0.2, 0.25) is 0 Å². The lowest BCUT2D eigenvalue weighted by atomic mass is 10.0. The second kappa shape index (κ2) is 6.89.